The molecule has 0 aliphatic carbocycles. The summed E-state index contributed by atoms with van der Waals surface area (Å²) in [5, 5.41) is 10.5. The molecule has 24 heavy (non-hydrogen) atoms. The Labute approximate surface area is 150 Å². The number of rotatable bonds is 2. The zero-order valence-electron chi connectivity index (χ0n) is 12.8. The number of pyridine rings is 1. The van der Waals surface area contributed by atoms with Crippen molar-refractivity contribution in [1.82, 2.24) is 4.98 Å². The third kappa shape index (κ3) is 2.82. The van der Waals surface area contributed by atoms with Crippen LogP contribution in [0, 0.1) is 18.3 Å². The van der Waals surface area contributed by atoms with E-state index < -0.39 is 0 Å². The van der Waals surface area contributed by atoms with Gasteiger partial charge in [0.2, 0.25) is 0 Å². The molecule has 0 radical (unpaired) electrons. The summed E-state index contributed by atoms with van der Waals surface area (Å²) in [7, 11) is 0. The molecule has 0 fully saturated rings. The van der Waals surface area contributed by atoms with Crippen LogP contribution in [0.4, 0.5) is 5.82 Å². The van der Waals surface area contributed by atoms with Crippen molar-refractivity contribution < 1.29 is 0 Å². The van der Waals surface area contributed by atoms with Gasteiger partial charge < -0.3 is 5.73 Å². The van der Waals surface area contributed by atoms with Crippen molar-refractivity contribution in [3.05, 3.63) is 69.8 Å². The standard InChI is InChI=1S/C19H13Cl2N3/c1-11-17(12-5-3-2-4-6-12)18(14(10-22)19(23)24-11)13-7-8-15(20)16(21)9-13/h2-9H,1H3,(H2,23,24). The van der Waals surface area contributed by atoms with E-state index in [0.29, 0.717) is 21.2 Å². The normalized spacial score (nSPS) is 10.4. The Morgan fingerprint density at radius 2 is 1.67 bits per heavy atom. The highest BCUT2D eigenvalue weighted by Crippen LogP contribution is 2.40. The summed E-state index contributed by atoms with van der Waals surface area (Å²) in [5.74, 6) is 0.204. The average molecular weight is 354 g/mol. The lowest BCUT2D eigenvalue weighted by Gasteiger charge is -2.16. The van der Waals surface area contributed by atoms with Crippen LogP contribution in [-0.4, -0.2) is 4.98 Å². The lowest BCUT2D eigenvalue weighted by Crippen LogP contribution is -2.03. The van der Waals surface area contributed by atoms with Crippen molar-refractivity contribution in [3.8, 4) is 28.3 Å². The maximum Gasteiger partial charge on any atom is 0.142 e. The predicted molar refractivity (Wildman–Crippen MR) is 99.0 cm³/mol. The second-order valence-electron chi connectivity index (χ2n) is 5.31. The highest BCUT2D eigenvalue weighted by Gasteiger charge is 2.19. The molecule has 0 bridgehead atoms. The number of hydrogen-bond donors (Lipinski definition) is 1. The minimum absolute atomic E-state index is 0.204. The molecule has 0 aliphatic rings. The fourth-order valence-electron chi connectivity index (χ4n) is 2.74. The van der Waals surface area contributed by atoms with Crippen LogP contribution in [0.1, 0.15) is 11.3 Å². The first-order valence-electron chi connectivity index (χ1n) is 7.24. The van der Waals surface area contributed by atoms with Crippen LogP contribution >= 0.6 is 23.2 Å². The van der Waals surface area contributed by atoms with E-state index in [-0.39, 0.29) is 5.82 Å². The molecule has 0 saturated heterocycles. The first-order valence-corrected chi connectivity index (χ1v) is 7.99. The molecule has 0 atom stereocenters. The van der Waals surface area contributed by atoms with Crippen LogP contribution in [0.15, 0.2) is 48.5 Å². The summed E-state index contributed by atoms with van der Waals surface area (Å²) in [6, 6.07) is 17.2. The molecule has 2 N–H and O–H groups in total. The molecule has 118 valence electrons. The van der Waals surface area contributed by atoms with E-state index in [1.807, 2.05) is 43.3 Å². The minimum Gasteiger partial charge on any atom is -0.383 e. The Morgan fingerprint density at radius 3 is 2.29 bits per heavy atom. The van der Waals surface area contributed by atoms with E-state index in [9.17, 15) is 5.26 Å². The molecule has 0 spiro atoms. The fourth-order valence-corrected chi connectivity index (χ4v) is 3.04. The van der Waals surface area contributed by atoms with Crippen molar-refractivity contribution in [1.29, 1.82) is 5.26 Å². The van der Waals surface area contributed by atoms with E-state index in [4.69, 9.17) is 28.9 Å². The molecule has 0 saturated carbocycles. The largest absolute Gasteiger partial charge is 0.383 e. The van der Waals surface area contributed by atoms with Gasteiger partial charge in [0, 0.05) is 16.8 Å². The van der Waals surface area contributed by atoms with Crippen LogP contribution in [-0.2, 0) is 0 Å². The van der Waals surface area contributed by atoms with Gasteiger partial charge in [0.1, 0.15) is 17.5 Å². The first kappa shape index (κ1) is 16.3. The number of benzene rings is 2. The molecular weight excluding hydrogens is 341 g/mol. The summed E-state index contributed by atoms with van der Waals surface area (Å²) in [6.45, 7) is 1.88. The summed E-state index contributed by atoms with van der Waals surface area (Å²) in [4.78, 5) is 4.34. The van der Waals surface area contributed by atoms with Crippen LogP contribution in [0.5, 0.6) is 0 Å². The third-order valence-electron chi connectivity index (χ3n) is 3.79. The minimum atomic E-state index is 0.204. The summed E-state index contributed by atoms with van der Waals surface area (Å²) in [6.07, 6.45) is 0. The Balaban J connectivity index is 2.42. The molecule has 0 amide bonds. The van der Waals surface area contributed by atoms with Gasteiger partial charge in [-0.05, 0) is 30.2 Å². The van der Waals surface area contributed by atoms with Crippen molar-refractivity contribution in [2.75, 3.05) is 5.73 Å². The maximum atomic E-state index is 9.62. The molecule has 0 unspecified atom stereocenters. The van der Waals surface area contributed by atoms with Gasteiger partial charge in [0.15, 0.2) is 0 Å². The van der Waals surface area contributed by atoms with E-state index in [2.05, 4.69) is 11.1 Å². The predicted octanol–water partition coefficient (Wildman–Crippen LogP) is 5.48. The number of aryl methyl sites for hydroxylation is 1. The zero-order chi connectivity index (χ0) is 17.3. The SMILES string of the molecule is Cc1nc(N)c(C#N)c(-c2ccc(Cl)c(Cl)c2)c1-c1ccccc1. The van der Waals surface area contributed by atoms with Crippen LogP contribution in [0.2, 0.25) is 10.0 Å². The maximum absolute atomic E-state index is 9.62. The highest BCUT2D eigenvalue weighted by molar-refractivity contribution is 6.42. The summed E-state index contributed by atoms with van der Waals surface area (Å²) >= 11 is 12.2. The number of anilines is 1. The van der Waals surface area contributed by atoms with Gasteiger partial charge in [-0.1, -0.05) is 59.6 Å². The lowest BCUT2D eigenvalue weighted by atomic mass is 9.90. The number of halogens is 2. The van der Waals surface area contributed by atoms with Crippen molar-refractivity contribution >= 4 is 29.0 Å². The van der Waals surface area contributed by atoms with E-state index in [0.717, 1.165) is 22.4 Å². The number of hydrogen-bond acceptors (Lipinski definition) is 3. The van der Waals surface area contributed by atoms with Gasteiger partial charge in [-0.3, -0.25) is 0 Å². The van der Waals surface area contributed by atoms with E-state index >= 15 is 0 Å². The van der Waals surface area contributed by atoms with Crippen molar-refractivity contribution in [2.24, 2.45) is 0 Å². The molecule has 2 aromatic carbocycles. The smallest absolute Gasteiger partial charge is 0.142 e. The average Bonchev–Trinajstić information content (AvgIpc) is 2.57. The highest BCUT2D eigenvalue weighted by atomic mass is 35.5. The summed E-state index contributed by atoms with van der Waals surface area (Å²) in [5.41, 5.74) is 10.4. The van der Waals surface area contributed by atoms with Crippen molar-refractivity contribution in [3.63, 3.8) is 0 Å². The molecule has 0 aliphatic heterocycles. The van der Waals surface area contributed by atoms with Crippen LogP contribution in [0.25, 0.3) is 22.3 Å². The molecule has 1 heterocycles. The third-order valence-corrected chi connectivity index (χ3v) is 4.53. The molecular formula is C19H13Cl2N3. The zero-order valence-corrected chi connectivity index (χ0v) is 14.4. The van der Waals surface area contributed by atoms with Gasteiger partial charge in [-0.2, -0.15) is 5.26 Å². The molecule has 3 aromatic rings. The topological polar surface area (TPSA) is 62.7 Å². The quantitative estimate of drug-likeness (QED) is 0.662. The number of nitrogens with zero attached hydrogens (tertiary/aromatic N) is 2. The monoisotopic (exact) mass is 353 g/mol. The Bertz CT molecular complexity index is 961. The van der Waals surface area contributed by atoms with Crippen molar-refractivity contribution in [2.45, 2.75) is 6.92 Å². The van der Waals surface area contributed by atoms with Crippen LogP contribution in [0.3, 0.4) is 0 Å². The van der Waals surface area contributed by atoms with Gasteiger partial charge in [0.05, 0.1) is 10.0 Å². The summed E-state index contributed by atoms with van der Waals surface area (Å²) < 4.78 is 0. The number of aromatic nitrogens is 1. The Hall–Kier alpha value is -2.54. The second kappa shape index (κ2) is 6.52. The van der Waals surface area contributed by atoms with E-state index in [1.54, 1.807) is 12.1 Å². The Morgan fingerprint density at radius 1 is 0.958 bits per heavy atom. The number of nitrogen functional groups attached to an aromatic ring is 1. The van der Waals surface area contributed by atoms with E-state index in [1.165, 1.54) is 0 Å². The van der Waals surface area contributed by atoms with Crippen LogP contribution < -0.4 is 5.73 Å². The number of nitriles is 1. The first-order chi connectivity index (χ1) is 11.5. The fraction of sp³-hybridized carbons (Fsp3) is 0.0526. The molecule has 5 heteroatoms. The van der Waals surface area contributed by atoms with Gasteiger partial charge >= 0.3 is 0 Å². The lowest BCUT2D eigenvalue weighted by molar-refractivity contribution is 1.20. The molecule has 3 nitrogen and oxygen atoms in total. The second-order valence-corrected chi connectivity index (χ2v) is 6.13. The van der Waals surface area contributed by atoms with Gasteiger partial charge in [0.25, 0.3) is 0 Å². The Kier molecular flexibility index (Phi) is 4.44. The van der Waals surface area contributed by atoms with Gasteiger partial charge in [-0.25, -0.2) is 4.98 Å². The number of nitrogens with two attached hydrogens (primary N) is 1. The molecule has 3 rings (SSSR count). The molecule has 1 aromatic heterocycles. The van der Waals surface area contributed by atoms with Gasteiger partial charge in [-0.15, -0.1) is 0 Å².